The summed E-state index contributed by atoms with van der Waals surface area (Å²) >= 11 is 0. The van der Waals surface area contributed by atoms with Gasteiger partial charge < -0.3 is 25.8 Å². The Kier molecular flexibility index (Phi) is 12.5. The number of rotatable bonds is 15. The molecule has 17 heteroatoms. The summed E-state index contributed by atoms with van der Waals surface area (Å²) in [6, 6.07) is 20.9. The second kappa shape index (κ2) is 18.0. The van der Waals surface area contributed by atoms with Gasteiger partial charge in [0.15, 0.2) is 11.4 Å². The van der Waals surface area contributed by atoms with Crippen LogP contribution in [0.15, 0.2) is 90.2 Å². The van der Waals surface area contributed by atoms with Crippen LogP contribution in [0, 0.1) is 17.1 Å². The number of ether oxygens (including phenoxy) is 1. The minimum atomic E-state index is -4.80. The van der Waals surface area contributed by atoms with Crippen molar-refractivity contribution in [1.82, 2.24) is 14.8 Å². The number of ketones is 1. The molecule has 2 amide bonds. The van der Waals surface area contributed by atoms with E-state index in [4.69, 9.17) is 10.00 Å². The molecule has 0 radical (unpaired) electrons. The molecule has 4 aromatic carbocycles. The van der Waals surface area contributed by atoms with E-state index in [1.54, 1.807) is 23.9 Å². The maximum Gasteiger partial charge on any atom is 0.417 e. The number of aliphatic hydroxyl groups is 1. The first-order chi connectivity index (χ1) is 29.6. The molecule has 62 heavy (non-hydrogen) atoms. The van der Waals surface area contributed by atoms with E-state index in [-0.39, 0.29) is 23.9 Å². The lowest BCUT2D eigenvalue weighted by Crippen LogP contribution is -2.45. The zero-order valence-corrected chi connectivity index (χ0v) is 33.7. The molecule has 0 saturated carbocycles. The molecule has 3 atom stereocenters. The Morgan fingerprint density at radius 3 is 2.40 bits per heavy atom. The zero-order valence-electron chi connectivity index (χ0n) is 33.7. The molecular weight excluding hydrogens is 809 g/mol. The average molecular weight is 851 g/mol. The molecule has 2 aliphatic rings. The van der Waals surface area contributed by atoms with Crippen LogP contribution in [-0.4, -0.2) is 61.9 Å². The summed E-state index contributed by atoms with van der Waals surface area (Å²) < 4.78 is 61.8. The van der Waals surface area contributed by atoms with Crippen LogP contribution in [0.1, 0.15) is 95.0 Å². The summed E-state index contributed by atoms with van der Waals surface area (Å²) in [4.78, 5) is 47.4. The van der Waals surface area contributed by atoms with Crippen LogP contribution in [0.25, 0.3) is 0 Å². The molecule has 0 aliphatic carbocycles. The Hall–Kier alpha value is -6.93. The fourth-order valence-corrected chi connectivity index (χ4v) is 7.56. The number of alkyl halides is 3. The lowest BCUT2D eigenvalue weighted by molar-refractivity contribution is -0.138. The number of hydrogen-bond donors (Lipinski definition) is 4. The quantitative estimate of drug-likeness (QED) is 0.0606. The number of carbonyl (C=O) groups is 3. The van der Waals surface area contributed by atoms with Crippen LogP contribution in [0.4, 0.5) is 34.6 Å². The first-order valence-corrected chi connectivity index (χ1v) is 19.9. The Balaban J connectivity index is 0.842. The van der Waals surface area contributed by atoms with Crippen LogP contribution in [0.2, 0.25) is 0 Å². The highest BCUT2D eigenvalue weighted by atomic mass is 19.4. The normalized spacial score (nSPS) is 16.5. The van der Waals surface area contributed by atoms with Gasteiger partial charge in [-0.15, -0.1) is 0 Å². The molecule has 0 fully saturated rings. The highest BCUT2D eigenvalue weighted by Crippen LogP contribution is 2.45. The largest absolute Gasteiger partial charge is 0.490 e. The maximum absolute atomic E-state index is 14.6. The van der Waals surface area contributed by atoms with E-state index in [9.17, 15) is 37.1 Å². The monoisotopic (exact) mass is 850 g/mol. The van der Waals surface area contributed by atoms with E-state index in [0.717, 1.165) is 48.9 Å². The van der Waals surface area contributed by atoms with Crippen molar-refractivity contribution in [3.8, 4) is 11.8 Å². The molecule has 4 N–H and O–H groups in total. The number of aromatic nitrogens is 3. The van der Waals surface area contributed by atoms with E-state index >= 15 is 0 Å². The number of benzene rings is 4. The van der Waals surface area contributed by atoms with Gasteiger partial charge in [-0.3, -0.25) is 24.1 Å². The van der Waals surface area contributed by atoms with Crippen molar-refractivity contribution < 1.29 is 41.8 Å². The SMILES string of the molecule is Cn1ncnc1C1C2=NCC(=O)c3cc(F)cc(c32)N[C@@H]1c1ccc(NC(=O)CCCCCCc2ccc(OC[C@](C)(O)C(=O)Nc3ccc(C#N)c(C(F)(F)F)c3)cc2)cc1. The molecule has 2 aliphatic heterocycles. The summed E-state index contributed by atoms with van der Waals surface area (Å²) in [5.74, 6) is -1.27. The summed E-state index contributed by atoms with van der Waals surface area (Å²) in [6.45, 7) is 0.622. The number of Topliss-reactive ketones (excluding diaryl/α,β-unsaturated/α-hetero) is 1. The average Bonchev–Trinajstić information content (AvgIpc) is 3.67. The molecule has 1 unspecified atom stereocenters. The van der Waals surface area contributed by atoms with E-state index in [0.29, 0.717) is 58.7 Å². The molecule has 320 valence electrons. The predicted molar refractivity (Wildman–Crippen MR) is 221 cm³/mol. The first kappa shape index (κ1) is 43.2. The molecular formula is C45H42F4N8O5. The third-order valence-electron chi connectivity index (χ3n) is 10.8. The lowest BCUT2D eigenvalue weighted by atomic mass is 9.78. The van der Waals surface area contributed by atoms with Gasteiger partial charge in [0.1, 0.15) is 36.9 Å². The van der Waals surface area contributed by atoms with Crippen LogP contribution in [0.3, 0.4) is 0 Å². The van der Waals surface area contributed by atoms with Gasteiger partial charge in [-0.2, -0.15) is 23.5 Å². The molecule has 0 spiro atoms. The minimum Gasteiger partial charge on any atom is -0.490 e. The van der Waals surface area contributed by atoms with Crippen LogP contribution < -0.4 is 20.7 Å². The summed E-state index contributed by atoms with van der Waals surface area (Å²) in [7, 11) is 1.78. The smallest absolute Gasteiger partial charge is 0.417 e. The fraction of sp³-hybridized carbons (Fsp3) is 0.311. The Morgan fingerprint density at radius 1 is 0.984 bits per heavy atom. The third kappa shape index (κ3) is 9.66. The molecule has 3 heterocycles. The Bertz CT molecular complexity index is 2560. The number of amides is 2. The molecule has 1 aromatic heterocycles. The highest BCUT2D eigenvalue weighted by molar-refractivity contribution is 6.21. The van der Waals surface area contributed by atoms with E-state index < -0.39 is 53.2 Å². The number of aliphatic imine (C=N–C) groups is 1. The van der Waals surface area contributed by atoms with Gasteiger partial charge in [0, 0.05) is 41.7 Å². The first-order valence-electron chi connectivity index (χ1n) is 19.9. The fourth-order valence-electron chi connectivity index (χ4n) is 7.56. The van der Waals surface area contributed by atoms with Crippen LogP contribution >= 0.6 is 0 Å². The predicted octanol–water partition coefficient (Wildman–Crippen LogP) is 7.68. The topological polar surface area (TPSA) is 184 Å². The van der Waals surface area contributed by atoms with Gasteiger partial charge in [0.05, 0.1) is 34.9 Å². The Morgan fingerprint density at radius 2 is 1.71 bits per heavy atom. The van der Waals surface area contributed by atoms with Gasteiger partial charge in [-0.1, -0.05) is 37.1 Å². The van der Waals surface area contributed by atoms with Crippen LogP contribution in [0.5, 0.6) is 5.75 Å². The van der Waals surface area contributed by atoms with E-state index in [1.807, 2.05) is 36.4 Å². The van der Waals surface area contributed by atoms with Crippen molar-refractivity contribution in [3.63, 3.8) is 0 Å². The number of unbranched alkanes of at least 4 members (excludes halogenated alkanes) is 3. The standard InChI is InChI=1S/C45H42F4N8O5/c1-44(61,43(60)55-31-16-13-28(22-50)34(21-31)45(47,48)49)24-62-32-17-9-26(10-18-32)7-5-3-4-6-8-37(59)54-30-14-11-27(12-15-30)40-39(42-52-25-53-57(42)2)41-38-33(36(58)23-51-41)19-29(46)20-35(38)56-40/h9-21,25,39-40,56,61H,3-8,23-24H2,1-2H3,(H,54,59)(H,55,60)/t39?,40-,44+/m1/s1. The van der Waals surface area contributed by atoms with Crippen molar-refractivity contribution in [3.05, 3.63) is 130 Å². The van der Waals surface area contributed by atoms with Gasteiger partial charge in [0.25, 0.3) is 5.91 Å². The molecule has 0 bridgehead atoms. The van der Waals surface area contributed by atoms with Crippen molar-refractivity contribution in [2.24, 2.45) is 12.0 Å². The number of anilines is 3. The minimum absolute atomic E-state index is 0.0862. The molecule has 5 aromatic rings. The second-order valence-corrected chi connectivity index (χ2v) is 15.5. The number of carbonyl (C=O) groups excluding carboxylic acids is 3. The summed E-state index contributed by atoms with van der Waals surface area (Å²) in [5, 5.41) is 32.6. The Labute approximate surface area is 353 Å². The summed E-state index contributed by atoms with van der Waals surface area (Å²) in [6.07, 6.45) is 1.11. The molecule has 0 saturated heterocycles. The molecule has 13 nitrogen and oxygen atoms in total. The lowest BCUT2D eigenvalue weighted by Gasteiger charge is -2.37. The van der Waals surface area contributed by atoms with E-state index in [1.165, 1.54) is 31.5 Å². The van der Waals surface area contributed by atoms with Crippen molar-refractivity contribution >= 4 is 40.4 Å². The number of nitrogens with zero attached hydrogens (tertiary/aromatic N) is 5. The number of nitriles is 1. The number of nitrogens with one attached hydrogen (secondary N) is 3. The number of aryl methyl sites for hydroxylation is 2. The highest BCUT2D eigenvalue weighted by Gasteiger charge is 2.42. The van der Waals surface area contributed by atoms with Gasteiger partial charge in [-0.05, 0) is 91.9 Å². The molecule has 7 rings (SSSR count). The maximum atomic E-state index is 14.6. The van der Waals surface area contributed by atoms with Crippen molar-refractivity contribution in [2.75, 3.05) is 29.1 Å². The number of halogens is 4. The zero-order chi connectivity index (χ0) is 44.2. The van der Waals surface area contributed by atoms with E-state index in [2.05, 4.69) is 31.0 Å². The van der Waals surface area contributed by atoms with Crippen molar-refractivity contribution in [1.29, 1.82) is 5.26 Å². The van der Waals surface area contributed by atoms with Gasteiger partial charge in [-0.25, -0.2) is 9.37 Å². The van der Waals surface area contributed by atoms with Crippen LogP contribution in [-0.2, 0) is 29.2 Å². The van der Waals surface area contributed by atoms with Crippen molar-refractivity contribution in [2.45, 2.75) is 69.2 Å². The third-order valence-corrected chi connectivity index (χ3v) is 10.8. The number of hydrogen-bond acceptors (Lipinski definition) is 10. The summed E-state index contributed by atoms with van der Waals surface area (Å²) in [5.41, 5.74) is 0.407. The van der Waals surface area contributed by atoms with Gasteiger partial charge in [0.2, 0.25) is 5.91 Å². The van der Waals surface area contributed by atoms with Gasteiger partial charge >= 0.3 is 6.18 Å². The second-order valence-electron chi connectivity index (χ2n) is 15.5.